The highest BCUT2D eigenvalue weighted by molar-refractivity contribution is 7.22. The molecule has 3 aromatic heterocycles. The Hall–Kier alpha value is -2.66. The van der Waals surface area contributed by atoms with Crippen molar-refractivity contribution in [1.82, 2.24) is 15.2 Å². The molecule has 4 rings (SSSR count). The van der Waals surface area contributed by atoms with Crippen LogP contribution in [0.5, 0.6) is 0 Å². The lowest BCUT2D eigenvalue weighted by Gasteiger charge is -2.01. The van der Waals surface area contributed by atoms with Crippen LogP contribution in [-0.4, -0.2) is 15.2 Å². The number of nitrogen functional groups attached to an aromatic ring is 1. The zero-order valence-electron chi connectivity index (χ0n) is 11.1. The lowest BCUT2D eigenvalue weighted by molar-refractivity contribution is 1.11. The van der Waals surface area contributed by atoms with Crippen LogP contribution in [0.1, 0.15) is 0 Å². The number of benzene rings is 1. The van der Waals surface area contributed by atoms with Gasteiger partial charge >= 0.3 is 0 Å². The molecule has 0 fully saturated rings. The fourth-order valence-corrected chi connectivity index (χ4v) is 3.51. The van der Waals surface area contributed by atoms with Crippen LogP contribution < -0.4 is 5.73 Å². The summed E-state index contributed by atoms with van der Waals surface area (Å²) in [5.41, 5.74) is 8.87. The highest BCUT2D eigenvalue weighted by atomic mass is 32.1. The van der Waals surface area contributed by atoms with Gasteiger partial charge in [-0.3, -0.25) is 10.1 Å². The van der Waals surface area contributed by atoms with E-state index in [1.165, 1.54) is 10.1 Å². The van der Waals surface area contributed by atoms with Crippen LogP contribution in [0.2, 0.25) is 0 Å². The molecule has 0 amide bonds. The molecule has 4 nitrogen and oxygen atoms in total. The Morgan fingerprint density at radius 1 is 1.10 bits per heavy atom. The third-order valence-electron chi connectivity index (χ3n) is 3.42. The smallest absolute Gasteiger partial charge is 0.153 e. The maximum Gasteiger partial charge on any atom is 0.153 e. The van der Waals surface area contributed by atoms with Crippen LogP contribution in [0, 0.1) is 0 Å². The molecule has 4 aromatic rings. The molecule has 3 N–H and O–H groups in total. The maximum atomic E-state index is 6.04. The molecular weight excluding hydrogens is 280 g/mol. The third kappa shape index (κ3) is 1.98. The molecule has 1 aromatic carbocycles. The molecule has 0 aliphatic carbocycles. The largest absolute Gasteiger partial charge is 0.382 e. The first-order chi connectivity index (χ1) is 10.3. The van der Waals surface area contributed by atoms with E-state index in [-0.39, 0.29) is 0 Å². The van der Waals surface area contributed by atoms with E-state index in [2.05, 4.69) is 33.4 Å². The first kappa shape index (κ1) is 12.1. The second kappa shape index (κ2) is 4.71. The lowest BCUT2D eigenvalue weighted by atomic mass is 10.1. The third-order valence-corrected chi connectivity index (χ3v) is 4.55. The molecule has 0 unspecified atom stereocenters. The van der Waals surface area contributed by atoms with Crippen molar-refractivity contribution in [3.8, 4) is 21.7 Å². The number of anilines is 1. The predicted molar refractivity (Wildman–Crippen MR) is 87.1 cm³/mol. The Balaban J connectivity index is 1.93. The van der Waals surface area contributed by atoms with Crippen molar-refractivity contribution in [2.45, 2.75) is 0 Å². The number of fused-ring (bicyclic) bond motifs is 1. The number of pyridine rings is 1. The lowest BCUT2D eigenvalue weighted by Crippen LogP contribution is -1.88. The molecule has 3 heterocycles. The topological polar surface area (TPSA) is 67.6 Å². The zero-order chi connectivity index (χ0) is 14.2. The van der Waals surface area contributed by atoms with Crippen LogP contribution in [-0.2, 0) is 0 Å². The van der Waals surface area contributed by atoms with Gasteiger partial charge in [0.05, 0.1) is 16.1 Å². The summed E-state index contributed by atoms with van der Waals surface area (Å²) in [6, 6.07) is 14.4. The van der Waals surface area contributed by atoms with Crippen molar-refractivity contribution in [1.29, 1.82) is 0 Å². The molecule has 0 bridgehead atoms. The molecule has 0 saturated heterocycles. The summed E-state index contributed by atoms with van der Waals surface area (Å²) in [7, 11) is 0. The molecule has 0 aliphatic rings. The predicted octanol–water partition coefficient (Wildman–Crippen LogP) is 3.94. The monoisotopic (exact) mass is 292 g/mol. The minimum absolute atomic E-state index is 0.496. The van der Waals surface area contributed by atoms with Gasteiger partial charge in [0.25, 0.3) is 0 Å². The summed E-state index contributed by atoms with van der Waals surface area (Å²) in [5, 5.41) is 8.45. The number of nitrogens with one attached hydrogen (secondary N) is 1. The maximum absolute atomic E-state index is 6.04. The number of aromatic nitrogens is 3. The second-order valence-electron chi connectivity index (χ2n) is 4.75. The number of thiophene rings is 1. The van der Waals surface area contributed by atoms with Crippen LogP contribution in [0.4, 0.5) is 5.82 Å². The van der Waals surface area contributed by atoms with Gasteiger partial charge in [-0.05, 0) is 23.6 Å². The Morgan fingerprint density at radius 3 is 2.81 bits per heavy atom. The SMILES string of the molecule is Nc1n[nH]c(-c2cc3ccccc3s2)c1-c1cccnc1. The van der Waals surface area contributed by atoms with E-state index in [0.717, 1.165) is 21.7 Å². The van der Waals surface area contributed by atoms with Gasteiger partial charge in [-0.2, -0.15) is 5.10 Å². The highest BCUT2D eigenvalue weighted by Crippen LogP contribution is 2.39. The molecule has 0 spiro atoms. The van der Waals surface area contributed by atoms with Gasteiger partial charge in [0.15, 0.2) is 5.82 Å². The summed E-state index contributed by atoms with van der Waals surface area (Å²) in [4.78, 5) is 5.29. The number of hydrogen-bond donors (Lipinski definition) is 2. The van der Waals surface area contributed by atoms with Crippen LogP contribution in [0.15, 0.2) is 54.9 Å². The normalized spacial score (nSPS) is 11.0. The van der Waals surface area contributed by atoms with Crippen molar-refractivity contribution in [3.63, 3.8) is 0 Å². The minimum Gasteiger partial charge on any atom is -0.382 e. The number of nitrogens with zero attached hydrogens (tertiary/aromatic N) is 2. The Labute approximate surface area is 125 Å². The van der Waals surface area contributed by atoms with Crippen LogP contribution >= 0.6 is 11.3 Å². The fourth-order valence-electron chi connectivity index (χ4n) is 2.44. The summed E-state index contributed by atoms with van der Waals surface area (Å²) >= 11 is 1.73. The molecule has 0 radical (unpaired) electrons. The van der Waals surface area contributed by atoms with Gasteiger partial charge in [-0.15, -0.1) is 11.3 Å². The standard InChI is InChI=1S/C16H12N4S/c17-16-14(11-5-3-7-18-9-11)15(19-20-16)13-8-10-4-1-2-6-12(10)21-13/h1-9H,(H3,17,19,20). The molecule has 102 valence electrons. The van der Waals surface area contributed by atoms with Gasteiger partial charge in [0.2, 0.25) is 0 Å². The van der Waals surface area contributed by atoms with Crippen molar-refractivity contribution in [2.24, 2.45) is 0 Å². The minimum atomic E-state index is 0.496. The van der Waals surface area contributed by atoms with E-state index >= 15 is 0 Å². The van der Waals surface area contributed by atoms with E-state index in [0.29, 0.717) is 5.82 Å². The Kier molecular flexibility index (Phi) is 2.72. The van der Waals surface area contributed by atoms with Gasteiger partial charge in [-0.1, -0.05) is 24.3 Å². The van der Waals surface area contributed by atoms with Gasteiger partial charge < -0.3 is 5.73 Å². The highest BCUT2D eigenvalue weighted by Gasteiger charge is 2.16. The molecule has 21 heavy (non-hydrogen) atoms. The summed E-state index contributed by atoms with van der Waals surface area (Å²) in [6.45, 7) is 0. The number of nitrogens with two attached hydrogens (primary N) is 1. The second-order valence-corrected chi connectivity index (χ2v) is 5.83. The van der Waals surface area contributed by atoms with Crippen LogP contribution in [0.25, 0.3) is 31.8 Å². The molecule has 0 atom stereocenters. The van der Waals surface area contributed by atoms with E-state index in [1.54, 1.807) is 23.7 Å². The summed E-state index contributed by atoms with van der Waals surface area (Å²) in [5.74, 6) is 0.496. The van der Waals surface area contributed by atoms with E-state index < -0.39 is 0 Å². The number of rotatable bonds is 2. The van der Waals surface area contributed by atoms with Gasteiger partial charge in [0, 0.05) is 22.7 Å². The molecule has 5 heteroatoms. The Morgan fingerprint density at radius 2 is 2.00 bits per heavy atom. The van der Waals surface area contributed by atoms with E-state index in [9.17, 15) is 0 Å². The molecule has 0 saturated carbocycles. The first-order valence-electron chi connectivity index (χ1n) is 6.56. The van der Waals surface area contributed by atoms with Crippen molar-refractivity contribution in [2.75, 3.05) is 5.73 Å². The van der Waals surface area contributed by atoms with Crippen molar-refractivity contribution in [3.05, 3.63) is 54.9 Å². The van der Waals surface area contributed by atoms with E-state index in [1.807, 2.05) is 24.3 Å². The van der Waals surface area contributed by atoms with Crippen LogP contribution in [0.3, 0.4) is 0 Å². The van der Waals surface area contributed by atoms with Crippen molar-refractivity contribution < 1.29 is 0 Å². The average Bonchev–Trinajstić information content (AvgIpc) is 3.11. The van der Waals surface area contributed by atoms with E-state index in [4.69, 9.17) is 5.73 Å². The molecular formula is C16H12N4S. The Bertz CT molecular complexity index is 875. The fraction of sp³-hybridized carbons (Fsp3) is 0. The first-order valence-corrected chi connectivity index (χ1v) is 7.38. The zero-order valence-corrected chi connectivity index (χ0v) is 11.9. The van der Waals surface area contributed by atoms with Crippen molar-refractivity contribution >= 4 is 27.2 Å². The number of H-pyrrole nitrogens is 1. The number of hydrogen-bond acceptors (Lipinski definition) is 4. The number of aromatic amines is 1. The average molecular weight is 292 g/mol. The summed E-state index contributed by atoms with van der Waals surface area (Å²) in [6.07, 6.45) is 3.55. The van der Waals surface area contributed by atoms with Gasteiger partial charge in [0.1, 0.15) is 0 Å². The quantitative estimate of drug-likeness (QED) is 0.588. The summed E-state index contributed by atoms with van der Waals surface area (Å²) < 4.78 is 1.25. The van der Waals surface area contributed by atoms with Gasteiger partial charge in [-0.25, -0.2) is 0 Å². The molecule has 0 aliphatic heterocycles.